The smallest absolute Gasteiger partial charge is 0.120 e. The number of carbonyl (C=O) groups excluding carboxylic acids is 1. The van der Waals surface area contributed by atoms with Gasteiger partial charge in [0.1, 0.15) is 6.29 Å². The number of hydrogen-bond donors (Lipinski definition) is 0. The van der Waals surface area contributed by atoms with E-state index in [1.807, 2.05) is 13.8 Å². The second kappa shape index (κ2) is 14.6. The summed E-state index contributed by atoms with van der Waals surface area (Å²) in [6.45, 7) is 17.7. The highest BCUT2D eigenvalue weighted by Gasteiger charge is 2.15. The molecule has 0 N–H and O–H groups in total. The first-order chi connectivity index (χ1) is 13.9. The monoisotopic (exact) mass is 432 g/mol. The Hall–Kier alpha value is -1.40. The highest BCUT2D eigenvalue weighted by atomic mass is 28.3. The highest BCUT2D eigenvalue weighted by molar-refractivity contribution is 6.76. The topological polar surface area (TPSA) is 17.1 Å². The Morgan fingerprint density at radius 3 is 2.13 bits per heavy atom. The molecule has 3 heteroatoms. The predicted molar refractivity (Wildman–Crippen MR) is 134 cm³/mol. The van der Waals surface area contributed by atoms with E-state index in [2.05, 4.69) is 64.4 Å². The molecule has 170 valence electrons. The molecule has 0 aliphatic carbocycles. The van der Waals surface area contributed by atoms with Crippen LogP contribution in [0.4, 0.5) is 4.39 Å². The quantitative estimate of drug-likeness (QED) is 0.123. The molecular formula is C27H45FOSi. The second-order valence-electron chi connectivity index (χ2n) is 10.7. The molecule has 0 amide bonds. The Bertz CT molecular complexity index is 678. The fourth-order valence-electron chi connectivity index (χ4n) is 2.82. The van der Waals surface area contributed by atoms with Crippen LogP contribution in [0.5, 0.6) is 0 Å². The van der Waals surface area contributed by atoms with Gasteiger partial charge in [0.05, 0.1) is 13.9 Å². The molecule has 0 saturated heterocycles. The first-order valence-electron chi connectivity index (χ1n) is 11.4. The number of carbonyl (C=O) groups is 1. The summed E-state index contributed by atoms with van der Waals surface area (Å²) in [4.78, 5) is 10.4. The van der Waals surface area contributed by atoms with Crippen LogP contribution in [0, 0.1) is 17.3 Å². The van der Waals surface area contributed by atoms with E-state index < -0.39 is 8.07 Å². The Kier molecular flexibility index (Phi) is 13.9. The molecule has 0 aromatic carbocycles. The lowest BCUT2D eigenvalue weighted by atomic mass is 9.85. The van der Waals surface area contributed by atoms with Crippen LogP contribution in [0.2, 0.25) is 25.7 Å². The minimum absolute atomic E-state index is 0.0141. The Morgan fingerprint density at radius 2 is 1.53 bits per heavy atom. The summed E-state index contributed by atoms with van der Waals surface area (Å²) in [5.74, 6) is 6.78. The van der Waals surface area contributed by atoms with E-state index in [9.17, 15) is 9.18 Å². The summed E-state index contributed by atoms with van der Waals surface area (Å²) in [5.41, 5.74) is 3.53. The average Bonchev–Trinajstić information content (AvgIpc) is 2.65. The van der Waals surface area contributed by atoms with Gasteiger partial charge in [-0.2, -0.15) is 0 Å². The van der Waals surface area contributed by atoms with Crippen molar-refractivity contribution in [1.82, 2.24) is 0 Å². The van der Waals surface area contributed by atoms with Crippen LogP contribution >= 0.6 is 0 Å². The van der Waals surface area contributed by atoms with E-state index in [1.165, 1.54) is 11.1 Å². The zero-order valence-electron chi connectivity index (χ0n) is 20.9. The molecule has 0 saturated carbocycles. The SMILES string of the molecule is C/C(CC/C(C)=C/CC(C)(C)CC#CC[Si](C)(C)C)=C(/F)CC/C=C(\C)CCC=O. The number of rotatable bonds is 13. The molecule has 0 rings (SSSR count). The van der Waals surface area contributed by atoms with Crippen molar-refractivity contribution in [2.45, 2.75) is 112 Å². The Balaban J connectivity index is 4.47. The van der Waals surface area contributed by atoms with Gasteiger partial charge >= 0.3 is 0 Å². The fourth-order valence-corrected chi connectivity index (χ4v) is 3.48. The molecule has 0 aromatic heterocycles. The molecule has 0 fully saturated rings. The van der Waals surface area contributed by atoms with Crippen molar-refractivity contribution in [2.75, 3.05) is 0 Å². The number of aldehydes is 1. The predicted octanol–water partition coefficient (Wildman–Crippen LogP) is 8.81. The molecule has 0 atom stereocenters. The maximum Gasteiger partial charge on any atom is 0.120 e. The van der Waals surface area contributed by atoms with Gasteiger partial charge in [-0.25, -0.2) is 4.39 Å². The lowest BCUT2D eigenvalue weighted by Crippen LogP contribution is -2.17. The van der Waals surface area contributed by atoms with Crippen molar-refractivity contribution in [3.05, 3.63) is 34.7 Å². The summed E-state index contributed by atoms with van der Waals surface area (Å²) in [5, 5.41) is 0. The van der Waals surface area contributed by atoms with Crippen molar-refractivity contribution in [2.24, 2.45) is 5.41 Å². The molecule has 0 aliphatic heterocycles. The summed E-state index contributed by atoms with van der Waals surface area (Å²) in [7, 11) is -1.08. The van der Waals surface area contributed by atoms with Crippen LogP contribution in [0.1, 0.15) is 86.0 Å². The van der Waals surface area contributed by atoms with Gasteiger partial charge in [-0.15, -0.1) is 11.8 Å². The summed E-state index contributed by atoms with van der Waals surface area (Å²) < 4.78 is 14.3. The van der Waals surface area contributed by atoms with Crippen molar-refractivity contribution >= 4 is 14.4 Å². The maximum absolute atomic E-state index is 14.3. The number of hydrogen-bond acceptors (Lipinski definition) is 1. The second-order valence-corrected chi connectivity index (χ2v) is 16.1. The van der Waals surface area contributed by atoms with E-state index in [0.717, 1.165) is 50.0 Å². The van der Waals surface area contributed by atoms with Crippen molar-refractivity contribution in [3.8, 4) is 11.8 Å². The van der Waals surface area contributed by atoms with E-state index in [1.54, 1.807) is 0 Å². The van der Waals surface area contributed by atoms with Gasteiger partial charge in [0.25, 0.3) is 0 Å². The molecule has 1 nitrogen and oxygen atoms in total. The van der Waals surface area contributed by atoms with Gasteiger partial charge in [-0.05, 0) is 63.9 Å². The van der Waals surface area contributed by atoms with Gasteiger partial charge in [-0.3, -0.25) is 0 Å². The van der Waals surface area contributed by atoms with Gasteiger partial charge in [0.15, 0.2) is 0 Å². The Labute approximate surface area is 187 Å². The molecule has 0 unspecified atom stereocenters. The van der Waals surface area contributed by atoms with E-state index in [-0.39, 0.29) is 11.2 Å². The van der Waals surface area contributed by atoms with Gasteiger partial charge in [-0.1, -0.05) is 56.8 Å². The van der Waals surface area contributed by atoms with Crippen molar-refractivity contribution in [1.29, 1.82) is 0 Å². The van der Waals surface area contributed by atoms with Crippen molar-refractivity contribution in [3.63, 3.8) is 0 Å². The van der Waals surface area contributed by atoms with Gasteiger partial charge < -0.3 is 4.79 Å². The van der Waals surface area contributed by atoms with Crippen molar-refractivity contribution < 1.29 is 9.18 Å². The third-order valence-electron chi connectivity index (χ3n) is 5.18. The van der Waals surface area contributed by atoms with Crippen LogP contribution in [0.15, 0.2) is 34.7 Å². The lowest BCUT2D eigenvalue weighted by Gasteiger charge is -2.20. The van der Waals surface area contributed by atoms with Crippen LogP contribution < -0.4 is 0 Å². The molecule has 0 heterocycles. The first kappa shape index (κ1) is 28.6. The molecule has 0 radical (unpaired) electrons. The third kappa shape index (κ3) is 16.4. The summed E-state index contributed by atoms with van der Waals surface area (Å²) in [6.07, 6.45) is 11.4. The third-order valence-corrected chi connectivity index (χ3v) is 6.42. The first-order valence-corrected chi connectivity index (χ1v) is 15.1. The molecule has 0 spiro atoms. The van der Waals surface area contributed by atoms with Crippen LogP contribution in [0.25, 0.3) is 0 Å². The highest BCUT2D eigenvalue weighted by Crippen LogP contribution is 2.27. The van der Waals surface area contributed by atoms with E-state index in [0.29, 0.717) is 19.3 Å². The molecule has 0 aliphatic rings. The maximum atomic E-state index is 14.3. The molecule has 0 aromatic rings. The van der Waals surface area contributed by atoms with Crippen LogP contribution in [-0.4, -0.2) is 14.4 Å². The van der Waals surface area contributed by atoms with Crippen LogP contribution in [0.3, 0.4) is 0 Å². The van der Waals surface area contributed by atoms with E-state index in [4.69, 9.17) is 0 Å². The fraction of sp³-hybridized carbons (Fsp3) is 0.667. The minimum atomic E-state index is -1.08. The summed E-state index contributed by atoms with van der Waals surface area (Å²) in [6, 6.07) is 1.07. The standard InChI is InChI=1S/C27H45FOSi/c1-23(14-12-21-29)13-11-15-26(28)25(3)17-16-24(2)18-20-27(4,5)19-9-10-22-30(6,7)8/h13,18,21H,11-12,14-17,19-20,22H2,1-8H3/b23-13+,24-18+,26-25-. The molecule has 0 bridgehead atoms. The largest absolute Gasteiger partial charge is 0.303 e. The Morgan fingerprint density at radius 1 is 0.900 bits per heavy atom. The normalized spacial score (nSPS) is 14.2. The number of allylic oxidation sites excluding steroid dienone is 6. The summed E-state index contributed by atoms with van der Waals surface area (Å²) >= 11 is 0. The minimum Gasteiger partial charge on any atom is -0.303 e. The molecular weight excluding hydrogens is 387 g/mol. The van der Waals surface area contributed by atoms with Gasteiger partial charge in [0.2, 0.25) is 0 Å². The molecule has 30 heavy (non-hydrogen) atoms. The zero-order valence-corrected chi connectivity index (χ0v) is 21.9. The lowest BCUT2D eigenvalue weighted by molar-refractivity contribution is -0.107. The number of halogens is 1. The zero-order chi connectivity index (χ0) is 23.2. The van der Waals surface area contributed by atoms with Crippen LogP contribution in [-0.2, 0) is 4.79 Å². The van der Waals surface area contributed by atoms with Gasteiger partial charge in [0, 0.05) is 25.3 Å². The average molecular weight is 433 g/mol. The van der Waals surface area contributed by atoms with E-state index >= 15 is 0 Å².